The summed E-state index contributed by atoms with van der Waals surface area (Å²) in [6.07, 6.45) is 4.19. The molecule has 96 valence electrons. The molecule has 1 aliphatic heterocycles. The molecule has 0 spiro atoms. The zero-order valence-corrected chi connectivity index (χ0v) is 10.6. The van der Waals surface area contributed by atoms with Crippen molar-refractivity contribution in [1.29, 1.82) is 0 Å². The van der Waals surface area contributed by atoms with Crippen LogP contribution in [0.15, 0.2) is 4.52 Å². The van der Waals surface area contributed by atoms with E-state index in [9.17, 15) is 5.11 Å². The summed E-state index contributed by atoms with van der Waals surface area (Å²) in [6, 6.07) is 0.441. The van der Waals surface area contributed by atoms with Gasteiger partial charge in [-0.25, -0.2) is 0 Å². The third-order valence-electron chi connectivity index (χ3n) is 3.27. The number of likely N-dealkylation sites (tertiary alicyclic amines) is 1. The smallest absolute Gasteiger partial charge is 0.240 e. The zero-order chi connectivity index (χ0) is 12.3. The maximum atomic E-state index is 9.51. The molecule has 1 aromatic rings. The first-order valence-electron chi connectivity index (χ1n) is 6.36. The summed E-state index contributed by atoms with van der Waals surface area (Å²) in [4.78, 5) is 6.59. The summed E-state index contributed by atoms with van der Waals surface area (Å²) < 4.78 is 5.16. The van der Waals surface area contributed by atoms with Crippen LogP contribution < -0.4 is 0 Å². The van der Waals surface area contributed by atoms with Gasteiger partial charge in [-0.1, -0.05) is 11.6 Å². The van der Waals surface area contributed by atoms with Crippen molar-refractivity contribution in [1.82, 2.24) is 15.0 Å². The molecule has 1 aromatic heterocycles. The van der Waals surface area contributed by atoms with Gasteiger partial charge in [0.25, 0.3) is 0 Å². The van der Waals surface area contributed by atoms with Gasteiger partial charge in [-0.3, -0.25) is 4.90 Å². The lowest BCUT2D eigenvalue weighted by atomic mass is 9.97. The molecular formula is C12H21N3O2. The van der Waals surface area contributed by atoms with E-state index in [-0.39, 0.29) is 6.10 Å². The van der Waals surface area contributed by atoms with Gasteiger partial charge in [-0.15, -0.1) is 0 Å². The van der Waals surface area contributed by atoms with Crippen LogP contribution in [0.25, 0.3) is 0 Å². The van der Waals surface area contributed by atoms with E-state index in [1.54, 1.807) is 0 Å². The van der Waals surface area contributed by atoms with Crippen LogP contribution in [0.5, 0.6) is 0 Å². The standard InChI is InChI=1S/C12H21N3O2/c1-9(16)7-11-5-3-4-6-15(11)8-12-13-10(2)14-17-12/h9,11,16H,3-8H2,1-2H3. The number of hydrogen-bond donors (Lipinski definition) is 1. The van der Waals surface area contributed by atoms with Crippen molar-refractivity contribution >= 4 is 0 Å². The Morgan fingerprint density at radius 3 is 3.00 bits per heavy atom. The van der Waals surface area contributed by atoms with Gasteiger partial charge in [0.05, 0.1) is 12.6 Å². The Hall–Kier alpha value is -0.940. The second kappa shape index (κ2) is 5.60. The first-order valence-corrected chi connectivity index (χ1v) is 6.36. The van der Waals surface area contributed by atoms with E-state index >= 15 is 0 Å². The maximum absolute atomic E-state index is 9.51. The van der Waals surface area contributed by atoms with Crippen LogP contribution in [-0.2, 0) is 6.54 Å². The fourth-order valence-electron chi connectivity index (χ4n) is 2.51. The molecule has 2 heterocycles. The van der Waals surface area contributed by atoms with Crippen molar-refractivity contribution in [2.75, 3.05) is 6.54 Å². The molecule has 1 N–H and O–H groups in total. The van der Waals surface area contributed by atoms with Crippen LogP contribution in [0.2, 0.25) is 0 Å². The van der Waals surface area contributed by atoms with Crippen molar-refractivity contribution in [2.24, 2.45) is 0 Å². The monoisotopic (exact) mass is 239 g/mol. The average molecular weight is 239 g/mol. The molecule has 1 fully saturated rings. The first kappa shape index (κ1) is 12.5. The quantitative estimate of drug-likeness (QED) is 0.862. The van der Waals surface area contributed by atoms with Crippen LogP contribution in [0.1, 0.15) is 44.3 Å². The lowest BCUT2D eigenvalue weighted by Crippen LogP contribution is -2.40. The second-order valence-corrected chi connectivity index (χ2v) is 4.94. The number of rotatable bonds is 4. The second-order valence-electron chi connectivity index (χ2n) is 4.94. The van der Waals surface area contributed by atoms with Gasteiger partial charge in [0.1, 0.15) is 0 Å². The Morgan fingerprint density at radius 1 is 1.53 bits per heavy atom. The van der Waals surface area contributed by atoms with E-state index in [2.05, 4.69) is 15.0 Å². The average Bonchev–Trinajstić information content (AvgIpc) is 2.66. The molecule has 17 heavy (non-hydrogen) atoms. The SMILES string of the molecule is Cc1noc(CN2CCCCC2CC(C)O)n1. The molecule has 1 saturated heterocycles. The number of aromatic nitrogens is 2. The third-order valence-corrected chi connectivity index (χ3v) is 3.27. The molecule has 0 aromatic carbocycles. The Kier molecular flexibility index (Phi) is 4.12. The van der Waals surface area contributed by atoms with Crippen LogP contribution in [0.4, 0.5) is 0 Å². The number of nitrogens with zero attached hydrogens (tertiary/aromatic N) is 3. The van der Waals surface area contributed by atoms with Gasteiger partial charge in [-0.05, 0) is 39.7 Å². The van der Waals surface area contributed by atoms with Gasteiger partial charge >= 0.3 is 0 Å². The molecule has 1 aliphatic rings. The summed E-state index contributed by atoms with van der Waals surface area (Å²) in [5, 5.41) is 13.3. The number of aliphatic hydroxyl groups is 1. The zero-order valence-electron chi connectivity index (χ0n) is 10.6. The van der Waals surface area contributed by atoms with Gasteiger partial charge in [-0.2, -0.15) is 4.98 Å². The van der Waals surface area contributed by atoms with Crippen molar-refractivity contribution in [3.05, 3.63) is 11.7 Å². The minimum absolute atomic E-state index is 0.245. The fourth-order valence-corrected chi connectivity index (χ4v) is 2.51. The van der Waals surface area contributed by atoms with Gasteiger partial charge in [0, 0.05) is 6.04 Å². The van der Waals surface area contributed by atoms with E-state index in [1.165, 1.54) is 12.8 Å². The van der Waals surface area contributed by atoms with Crippen molar-refractivity contribution < 1.29 is 9.63 Å². The largest absolute Gasteiger partial charge is 0.393 e. The Labute approximate surface area is 102 Å². The minimum atomic E-state index is -0.245. The van der Waals surface area contributed by atoms with Crippen molar-refractivity contribution in [3.63, 3.8) is 0 Å². The molecule has 2 atom stereocenters. The fraction of sp³-hybridized carbons (Fsp3) is 0.833. The third kappa shape index (κ3) is 3.51. The van der Waals surface area contributed by atoms with E-state index in [0.29, 0.717) is 24.3 Å². The Balaban J connectivity index is 1.96. The molecule has 0 radical (unpaired) electrons. The predicted molar refractivity (Wildman–Crippen MR) is 63.4 cm³/mol. The molecule has 0 bridgehead atoms. The van der Waals surface area contributed by atoms with Crippen molar-refractivity contribution in [3.8, 4) is 0 Å². The van der Waals surface area contributed by atoms with E-state index in [4.69, 9.17) is 4.52 Å². The van der Waals surface area contributed by atoms with Crippen LogP contribution in [0.3, 0.4) is 0 Å². The number of hydrogen-bond acceptors (Lipinski definition) is 5. The normalized spacial score (nSPS) is 23.8. The Bertz CT molecular complexity index is 351. The molecule has 0 aliphatic carbocycles. The molecule has 5 heteroatoms. The summed E-state index contributed by atoms with van der Waals surface area (Å²) in [5.74, 6) is 1.36. The van der Waals surface area contributed by atoms with E-state index < -0.39 is 0 Å². The van der Waals surface area contributed by atoms with Gasteiger partial charge in [0.15, 0.2) is 5.82 Å². The minimum Gasteiger partial charge on any atom is -0.393 e. The van der Waals surface area contributed by atoms with Crippen LogP contribution >= 0.6 is 0 Å². The highest BCUT2D eigenvalue weighted by Crippen LogP contribution is 2.22. The van der Waals surface area contributed by atoms with Gasteiger partial charge in [0.2, 0.25) is 5.89 Å². The number of aryl methyl sites for hydroxylation is 1. The highest BCUT2D eigenvalue weighted by atomic mass is 16.5. The lowest BCUT2D eigenvalue weighted by molar-refractivity contribution is 0.0739. The van der Waals surface area contributed by atoms with E-state index in [0.717, 1.165) is 19.4 Å². The van der Waals surface area contributed by atoms with Crippen LogP contribution in [0, 0.1) is 6.92 Å². The van der Waals surface area contributed by atoms with Crippen molar-refractivity contribution in [2.45, 2.75) is 58.2 Å². The lowest BCUT2D eigenvalue weighted by Gasteiger charge is -2.35. The summed E-state index contributed by atoms with van der Waals surface area (Å²) >= 11 is 0. The Morgan fingerprint density at radius 2 is 2.35 bits per heavy atom. The number of aliphatic hydroxyl groups excluding tert-OH is 1. The molecule has 5 nitrogen and oxygen atoms in total. The summed E-state index contributed by atoms with van der Waals surface area (Å²) in [6.45, 7) is 5.44. The first-order chi connectivity index (χ1) is 8.15. The maximum Gasteiger partial charge on any atom is 0.240 e. The predicted octanol–water partition coefficient (Wildman–Crippen LogP) is 1.50. The molecule has 0 amide bonds. The van der Waals surface area contributed by atoms with Crippen LogP contribution in [-0.4, -0.2) is 38.8 Å². The van der Waals surface area contributed by atoms with Gasteiger partial charge < -0.3 is 9.63 Å². The molecular weight excluding hydrogens is 218 g/mol. The topological polar surface area (TPSA) is 62.4 Å². The van der Waals surface area contributed by atoms with E-state index in [1.807, 2.05) is 13.8 Å². The molecule has 2 rings (SSSR count). The summed E-state index contributed by atoms with van der Waals surface area (Å²) in [5.41, 5.74) is 0. The summed E-state index contributed by atoms with van der Waals surface area (Å²) in [7, 11) is 0. The number of piperidine rings is 1. The molecule has 0 saturated carbocycles. The highest BCUT2D eigenvalue weighted by Gasteiger charge is 2.25. The highest BCUT2D eigenvalue weighted by molar-refractivity contribution is 4.86. The molecule has 2 unspecified atom stereocenters.